The molecule has 0 aromatic carbocycles. The van der Waals surface area contributed by atoms with Crippen LogP contribution in [0.15, 0.2) is 4.52 Å². The molecule has 6 heteroatoms. The van der Waals surface area contributed by atoms with E-state index in [9.17, 15) is 4.79 Å². The Kier molecular flexibility index (Phi) is 4.13. The van der Waals surface area contributed by atoms with E-state index in [1.807, 2.05) is 27.7 Å². The number of aryl methyl sites for hydroxylation is 1. The second-order valence-corrected chi connectivity index (χ2v) is 6.37. The Balaban J connectivity index is 1.93. The molecular weight excluding hydrogens is 258 g/mol. The molecule has 1 aromatic rings. The summed E-state index contributed by atoms with van der Waals surface area (Å²) in [4.78, 5) is 18.5. The first-order valence-electron chi connectivity index (χ1n) is 7.03. The second kappa shape index (κ2) is 5.52. The maximum absolute atomic E-state index is 12.1. The highest BCUT2D eigenvalue weighted by Gasteiger charge is 2.35. The average molecular weight is 281 g/mol. The topological polar surface area (TPSA) is 68.5 Å². The van der Waals surface area contributed by atoms with Crippen molar-refractivity contribution in [1.82, 2.24) is 15.0 Å². The van der Waals surface area contributed by atoms with Crippen LogP contribution >= 0.6 is 0 Å². The summed E-state index contributed by atoms with van der Waals surface area (Å²) in [5, 5.41) is 3.81. The number of aromatic nitrogens is 2. The van der Waals surface area contributed by atoms with Crippen LogP contribution in [0.4, 0.5) is 0 Å². The molecule has 20 heavy (non-hydrogen) atoms. The highest BCUT2D eigenvalue weighted by atomic mass is 16.6. The Hall–Kier alpha value is -1.43. The van der Waals surface area contributed by atoms with Gasteiger partial charge >= 0.3 is 5.97 Å². The zero-order valence-corrected chi connectivity index (χ0v) is 12.8. The van der Waals surface area contributed by atoms with E-state index in [1.54, 1.807) is 6.92 Å². The van der Waals surface area contributed by atoms with Crippen LogP contribution in [0.2, 0.25) is 0 Å². The van der Waals surface area contributed by atoms with E-state index in [2.05, 4.69) is 15.0 Å². The summed E-state index contributed by atoms with van der Waals surface area (Å²) >= 11 is 0. The van der Waals surface area contributed by atoms with Crippen molar-refractivity contribution >= 4 is 5.97 Å². The molecule has 2 heterocycles. The standard InChI is InChI=1S/C14H23N3O3/c1-9(12-15-10(2)16-20-12)17-7-6-11(8-17)13(18)19-14(3,4)5/h9,11H,6-8H2,1-5H3/t9-,11-/m0/s1. The molecule has 1 aromatic heterocycles. The van der Waals surface area contributed by atoms with Crippen molar-refractivity contribution in [3.05, 3.63) is 11.7 Å². The van der Waals surface area contributed by atoms with Crippen molar-refractivity contribution in [2.24, 2.45) is 5.92 Å². The minimum Gasteiger partial charge on any atom is -0.460 e. The molecular formula is C14H23N3O3. The molecule has 0 saturated carbocycles. The summed E-state index contributed by atoms with van der Waals surface area (Å²) in [6, 6.07) is 0.0311. The zero-order chi connectivity index (χ0) is 14.9. The molecule has 0 spiro atoms. The minimum absolute atomic E-state index is 0.0311. The van der Waals surface area contributed by atoms with Crippen molar-refractivity contribution in [3.8, 4) is 0 Å². The van der Waals surface area contributed by atoms with Gasteiger partial charge in [0.1, 0.15) is 5.60 Å². The fourth-order valence-corrected chi connectivity index (χ4v) is 2.36. The molecule has 0 amide bonds. The predicted octanol–water partition coefficient (Wildman–Crippen LogP) is 2.10. The van der Waals surface area contributed by atoms with Gasteiger partial charge in [0.15, 0.2) is 5.82 Å². The Bertz CT molecular complexity index is 478. The molecule has 2 rings (SSSR count). The quantitative estimate of drug-likeness (QED) is 0.790. The lowest BCUT2D eigenvalue weighted by atomic mass is 10.1. The van der Waals surface area contributed by atoms with Crippen LogP contribution in [0, 0.1) is 12.8 Å². The van der Waals surface area contributed by atoms with Crippen LogP contribution in [0.3, 0.4) is 0 Å². The molecule has 1 fully saturated rings. The zero-order valence-electron chi connectivity index (χ0n) is 12.8. The summed E-state index contributed by atoms with van der Waals surface area (Å²) in [6.45, 7) is 11.0. The molecule has 0 radical (unpaired) electrons. The van der Waals surface area contributed by atoms with Gasteiger partial charge in [0.2, 0.25) is 5.89 Å². The highest BCUT2D eigenvalue weighted by molar-refractivity contribution is 5.73. The molecule has 112 valence electrons. The van der Waals surface area contributed by atoms with Crippen molar-refractivity contribution in [1.29, 1.82) is 0 Å². The van der Waals surface area contributed by atoms with E-state index in [1.165, 1.54) is 0 Å². The van der Waals surface area contributed by atoms with E-state index >= 15 is 0 Å². The van der Waals surface area contributed by atoms with Crippen LogP contribution < -0.4 is 0 Å². The average Bonchev–Trinajstić information content (AvgIpc) is 2.94. The van der Waals surface area contributed by atoms with E-state index < -0.39 is 5.60 Å². The first-order valence-corrected chi connectivity index (χ1v) is 7.03. The maximum atomic E-state index is 12.1. The first-order chi connectivity index (χ1) is 9.26. The highest BCUT2D eigenvalue weighted by Crippen LogP contribution is 2.28. The monoisotopic (exact) mass is 281 g/mol. The Morgan fingerprint density at radius 2 is 2.20 bits per heavy atom. The van der Waals surface area contributed by atoms with Gasteiger partial charge in [-0.2, -0.15) is 4.98 Å². The Morgan fingerprint density at radius 3 is 2.75 bits per heavy atom. The molecule has 0 unspecified atom stereocenters. The van der Waals surface area contributed by atoms with Crippen molar-refractivity contribution in [2.45, 2.75) is 52.7 Å². The normalized spacial score (nSPS) is 21.9. The van der Waals surface area contributed by atoms with Gasteiger partial charge in [0.25, 0.3) is 0 Å². The SMILES string of the molecule is Cc1noc([C@H](C)N2CC[C@H](C(=O)OC(C)(C)C)C2)n1. The van der Waals surface area contributed by atoms with Crippen molar-refractivity contribution in [3.63, 3.8) is 0 Å². The second-order valence-electron chi connectivity index (χ2n) is 6.37. The summed E-state index contributed by atoms with van der Waals surface area (Å²) in [5.74, 6) is 1.05. The van der Waals surface area contributed by atoms with Crippen LogP contribution in [-0.4, -0.2) is 39.7 Å². The molecule has 1 saturated heterocycles. The van der Waals surface area contributed by atoms with E-state index in [4.69, 9.17) is 9.26 Å². The lowest BCUT2D eigenvalue weighted by Crippen LogP contribution is -2.31. The predicted molar refractivity (Wildman–Crippen MR) is 73.0 cm³/mol. The number of ether oxygens (including phenoxy) is 1. The summed E-state index contributed by atoms with van der Waals surface area (Å²) in [5.41, 5.74) is -0.431. The Morgan fingerprint density at radius 1 is 1.50 bits per heavy atom. The van der Waals surface area contributed by atoms with Gasteiger partial charge in [0, 0.05) is 6.54 Å². The van der Waals surface area contributed by atoms with Crippen LogP contribution in [0.1, 0.15) is 51.9 Å². The molecule has 0 bridgehead atoms. The molecule has 2 atom stereocenters. The first kappa shape index (κ1) is 15.0. The van der Waals surface area contributed by atoms with Gasteiger partial charge in [-0.25, -0.2) is 0 Å². The fourth-order valence-electron chi connectivity index (χ4n) is 2.36. The summed E-state index contributed by atoms with van der Waals surface area (Å²) < 4.78 is 10.6. The van der Waals surface area contributed by atoms with Gasteiger partial charge in [-0.1, -0.05) is 5.16 Å². The molecule has 0 N–H and O–H groups in total. The number of hydrogen-bond donors (Lipinski definition) is 0. The third kappa shape index (κ3) is 3.56. The summed E-state index contributed by atoms with van der Waals surface area (Å²) in [7, 11) is 0. The number of likely N-dealkylation sites (tertiary alicyclic amines) is 1. The van der Waals surface area contributed by atoms with E-state index in [0.717, 1.165) is 13.0 Å². The number of nitrogens with zero attached hydrogens (tertiary/aromatic N) is 3. The van der Waals surface area contributed by atoms with Crippen LogP contribution in [0.5, 0.6) is 0 Å². The molecule has 6 nitrogen and oxygen atoms in total. The minimum atomic E-state index is -0.431. The van der Waals surface area contributed by atoms with Crippen molar-refractivity contribution < 1.29 is 14.1 Å². The van der Waals surface area contributed by atoms with Crippen LogP contribution in [0.25, 0.3) is 0 Å². The fraction of sp³-hybridized carbons (Fsp3) is 0.786. The smallest absolute Gasteiger partial charge is 0.310 e. The number of esters is 1. The number of carbonyl (C=O) groups excluding carboxylic acids is 1. The lowest BCUT2D eigenvalue weighted by molar-refractivity contribution is -0.159. The maximum Gasteiger partial charge on any atom is 0.310 e. The summed E-state index contributed by atoms with van der Waals surface area (Å²) in [6.07, 6.45) is 0.812. The third-order valence-corrected chi connectivity index (χ3v) is 3.41. The van der Waals surface area contributed by atoms with Gasteiger partial charge in [-0.05, 0) is 47.6 Å². The van der Waals surface area contributed by atoms with Gasteiger partial charge < -0.3 is 9.26 Å². The van der Waals surface area contributed by atoms with Gasteiger partial charge in [-0.3, -0.25) is 9.69 Å². The van der Waals surface area contributed by atoms with Crippen LogP contribution in [-0.2, 0) is 9.53 Å². The molecule has 1 aliphatic rings. The molecule has 0 aliphatic carbocycles. The number of rotatable bonds is 3. The Labute approximate surface area is 119 Å². The largest absolute Gasteiger partial charge is 0.460 e. The number of hydrogen-bond acceptors (Lipinski definition) is 6. The number of carbonyl (C=O) groups is 1. The van der Waals surface area contributed by atoms with Gasteiger partial charge in [0.05, 0.1) is 12.0 Å². The molecule has 1 aliphatic heterocycles. The van der Waals surface area contributed by atoms with Crippen molar-refractivity contribution in [2.75, 3.05) is 13.1 Å². The lowest BCUT2D eigenvalue weighted by Gasteiger charge is -2.23. The van der Waals surface area contributed by atoms with E-state index in [-0.39, 0.29) is 17.9 Å². The van der Waals surface area contributed by atoms with Gasteiger partial charge in [-0.15, -0.1) is 0 Å². The third-order valence-electron chi connectivity index (χ3n) is 3.41. The van der Waals surface area contributed by atoms with E-state index in [0.29, 0.717) is 18.3 Å².